The van der Waals surface area contributed by atoms with Crippen molar-refractivity contribution in [2.75, 3.05) is 20.1 Å². The molecule has 1 N–H and O–H groups in total. The third-order valence-corrected chi connectivity index (χ3v) is 3.58. The highest BCUT2D eigenvalue weighted by Crippen LogP contribution is 2.12. The summed E-state index contributed by atoms with van der Waals surface area (Å²) in [5.74, 6) is 0.348. The van der Waals surface area contributed by atoms with Crippen LogP contribution in [0.25, 0.3) is 5.69 Å². The molecule has 0 atom stereocenters. The molecule has 0 bridgehead atoms. The second-order valence-electron chi connectivity index (χ2n) is 5.18. The third kappa shape index (κ3) is 2.58. The lowest BCUT2D eigenvalue weighted by atomic mass is 10.0. The van der Waals surface area contributed by atoms with E-state index < -0.39 is 0 Å². The maximum atomic E-state index is 12.1. The topological polar surface area (TPSA) is 50.2 Å². The Morgan fingerprint density at radius 1 is 1.40 bits per heavy atom. The molecule has 1 aliphatic rings. The Morgan fingerprint density at radius 3 is 2.80 bits per heavy atom. The highest BCUT2D eigenvalue weighted by Gasteiger charge is 2.27. The van der Waals surface area contributed by atoms with E-state index in [9.17, 15) is 4.79 Å². The molecular weight excluding hydrogens is 252 g/mol. The summed E-state index contributed by atoms with van der Waals surface area (Å²) in [5.41, 5.74) is 2.06. The Kier molecular flexibility index (Phi) is 3.52. The number of hydrogen-bond acceptors (Lipinski definition) is 3. The summed E-state index contributed by atoms with van der Waals surface area (Å²) in [4.78, 5) is 13.8. The van der Waals surface area contributed by atoms with Crippen molar-refractivity contribution in [2.24, 2.45) is 5.92 Å². The first-order valence-electron chi connectivity index (χ1n) is 6.79. The van der Waals surface area contributed by atoms with E-state index in [1.165, 1.54) is 0 Å². The van der Waals surface area contributed by atoms with Crippen LogP contribution < -0.4 is 5.32 Å². The van der Waals surface area contributed by atoms with Crippen molar-refractivity contribution in [3.8, 4) is 5.69 Å². The van der Waals surface area contributed by atoms with Gasteiger partial charge in [-0.25, -0.2) is 4.68 Å². The zero-order valence-electron chi connectivity index (χ0n) is 11.5. The van der Waals surface area contributed by atoms with E-state index in [4.69, 9.17) is 0 Å². The van der Waals surface area contributed by atoms with Gasteiger partial charge >= 0.3 is 0 Å². The summed E-state index contributed by atoms with van der Waals surface area (Å²) in [6.07, 6.45) is 3.79. The van der Waals surface area contributed by atoms with Gasteiger partial charge < -0.3 is 10.2 Å². The third-order valence-electron chi connectivity index (χ3n) is 3.58. The first-order chi connectivity index (χ1) is 9.74. The fourth-order valence-electron chi connectivity index (χ4n) is 2.29. The van der Waals surface area contributed by atoms with E-state index in [-0.39, 0.29) is 11.8 Å². The van der Waals surface area contributed by atoms with Gasteiger partial charge in [-0.15, -0.1) is 0 Å². The molecule has 1 saturated heterocycles. The van der Waals surface area contributed by atoms with E-state index >= 15 is 0 Å². The van der Waals surface area contributed by atoms with E-state index in [0.717, 1.165) is 24.3 Å². The zero-order valence-corrected chi connectivity index (χ0v) is 11.5. The second-order valence-corrected chi connectivity index (χ2v) is 5.18. The van der Waals surface area contributed by atoms with Gasteiger partial charge in [0.2, 0.25) is 5.91 Å². The molecule has 0 spiro atoms. The lowest BCUT2D eigenvalue weighted by Gasteiger charge is -2.30. The molecule has 0 saturated carbocycles. The number of hydrogen-bond donors (Lipinski definition) is 1. The number of carbonyl (C=O) groups is 1. The van der Waals surface area contributed by atoms with Crippen LogP contribution in [0.15, 0.2) is 42.7 Å². The van der Waals surface area contributed by atoms with Gasteiger partial charge in [-0.1, -0.05) is 18.2 Å². The number of benzene rings is 1. The van der Waals surface area contributed by atoms with Crippen molar-refractivity contribution >= 4 is 5.91 Å². The van der Waals surface area contributed by atoms with Crippen molar-refractivity contribution in [3.63, 3.8) is 0 Å². The number of nitrogens with one attached hydrogen (secondary N) is 1. The Balaban J connectivity index is 1.66. The smallest absolute Gasteiger partial charge is 0.228 e. The fourth-order valence-corrected chi connectivity index (χ4v) is 2.29. The average Bonchev–Trinajstić information content (AvgIpc) is 2.86. The monoisotopic (exact) mass is 270 g/mol. The van der Waals surface area contributed by atoms with Crippen LogP contribution in [0, 0.1) is 5.92 Å². The van der Waals surface area contributed by atoms with Crippen LogP contribution in [-0.2, 0) is 11.3 Å². The molecule has 1 fully saturated rings. The molecule has 104 valence electrons. The Morgan fingerprint density at radius 2 is 2.15 bits per heavy atom. The Hall–Kier alpha value is -2.14. The summed E-state index contributed by atoms with van der Waals surface area (Å²) in [5, 5.41) is 7.47. The van der Waals surface area contributed by atoms with Crippen LogP contribution in [0.4, 0.5) is 0 Å². The maximum Gasteiger partial charge on any atom is 0.228 e. The lowest BCUT2D eigenvalue weighted by molar-refractivity contribution is -0.136. The van der Waals surface area contributed by atoms with Gasteiger partial charge in [0.15, 0.2) is 0 Å². The molecule has 0 aliphatic carbocycles. The average molecular weight is 270 g/mol. The number of rotatable bonds is 4. The molecule has 1 aromatic carbocycles. The van der Waals surface area contributed by atoms with Gasteiger partial charge in [0, 0.05) is 38.4 Å². The summed E-state index contributed by atoms with van der Waals surface area (Å²) < 4.78 is 1.83. The molecule has 2 aromatic rings. The highest BCUT2D eigenvalue weighted by molar-refractivity contribution is 5.79. The highest BCUT2D eigenvalue weighted by atomic mass is 16.2. The van der Waals surface area contributed by atoms with E-state index in [0.29, 0.717) is 6.54 Å². The normalized spacial score (nSPS) is 14.8. The molecule has 1 aromatic heterocycles. The summed E-state index contributed by atoms with van der Waals surface area (Å²) in [7, 11) is 1.85. The quantitative estimate of drug-likeness (QED) is 0.903. The number of carbonyl (C=O) groups excluding carboxylic acids is 1. The predicted octanol–water partition coefficient (Wildman–Crippen LogP) is 1.05. The number of amides is 1. The SMILES string of the molecule is CN(Cc1cnn(-c2ccccc2)c1)C(=O)C1CNC1. The second kappa shape index (κ2) is 5.46. The first kappa shape index (κ1) is 12.9. The molecule has 1 amide bonds. The van der Waals surface area contributed by atoms with Gasteiger partial charge in [0.1, 0.15) is 0 Å². The molecule has 0 unspecified atom stereocenters. The molecule has 0 radical (unpaired) electrons. The Labute approximate surface area is 118 Å². The van der Waals surface area contributed by atoms with Crippen LogP contribution >= 0.6 is 0 Å². The van der Waals surface area contributed by atoms with E-state index in [2.05, 4.69) is 10.4 Å². The standard InChI is InChI=1S/C15H18N4O/c1-18(15(20)13-8-16-9-13)10-12-7-17-19(11-12)14-5-3-2-4-6-14/h2-7,11,13,16H,8-10H2,1H3. The van der Waals surface area contributed by atoms with Crippen molar-refractivity contribution < 1.29 is 4.79 Å². The molecular formula is C15H18N4O. The van der Waals surface area contributed by atoms with Crippen LogP contribution in [0.5, 0.6) is 0 Å². The van der Waals surface area contributed by atoms with Gasteiger partial charge in [0.25, 0.3) is 0 Å². The summed E-state index contributed by atoms with van der Waals surface area (Å²) in [6, 6.07) is 9.95. The van der Waals surface area contributed by atoms with Gasteiger partial charge in [-0.05, 0) is 12.1 Å². The lowest BCUT2D eigenvalue weighted by Crippen LogP contribution is -2.50. The van der Waals surface area contributed by atoms with E-state index in [1.54, 1.807) is 4.90 Å². The Bertz CT molecular complexity index is 589. The number of nitrogens with zero attached hydrogens (tertiary/aromatic N) is 3. The van der Waals surface area contributed by atoms with Crippen LogP contribution in [0.1, 0.15) is 5.56 Å². The fraction of sp³-hybridized carbons (Fsp3) is 0.333. The molecule has 1 aliphatic heterocycles. The molecule has 5 nitrogen and oxygen atoms in total. The molecule has 20 heavy (non-hydrogen) atoms. The number of aromatic nitrogens is 2. The number of para-hydroxylation sites is 1. The first-order valence-corrected chi connectivity index (χ1v) is 6.79. The van der Waals surface area contributed by atoms with Gasteiger partial charge in [-0.2, -0.15) is 5.10 Å². The van der Waals surface area contributed by atoms with Crippen LogP contribution in [-0.4, -0.2) is 40.7 Å². The van der Waals surface area contributed by atoms with Crippen LogP contribution in [0.3, 0.4) is 0 Å². The van der Waals surface area contributed by atoms with Crippen molar-refractivity contribution in [1.82, 2.24) is 20.0 Å². The summed E-state index contributed by atoms with van der Waals surface area (Å²) >= 11 is 0. The van der Waals surface area contributed by atoms with Crippen LogP contribution in [0.2, 0.25) is 0 Å². The van der Waals surface area contributed by atoms with Gasteiger partial charge in [-0.3, -0.25) is 4.79 Å². The molecule has 5 heteroatoms. The molecule has 2 heterocycles. The minimum absolute atomic E-state index is 0.143. The minimum Gasteiger partial charge on any atom is -0.341 e. The molecule has 3 rings (SSSR count). The minimum atomic E-state index is 0.143. The van der Waals surface area contributed by atoms with Crippen molar-refractivity contribution in [2.45, 2.75) is 6.54 Å². The van der Waals surface area contributed by atoms with Gasteiger partial charge in [0.05, 0.1) is 17.8 Å². The van der Waals surface area contributed by atoms with Crippen molar-refractivity contribution in [3.05, 3.63) is 48.3 Å². The van der Waals surface area contributed by atoms with E-state index in [1.807, 2.05) is 54.5 Å². The largest absolute Gasteiger partial charge is 0.341 e. The maximum absolute atomic E-state index is 12.1. The van der Waals surface area contributed by atoms with Crippen molar-refractivity contribution in [1.29, 1.82) is 0 Å². The zero-order chi connectivity index (χ0) is 13.9. The predicted molar refractivity (Wildman–Crippen MR) is 76.4 cm³/mol. The summed E-state index contributed by atoms with van der Waals surface area (Å²) in [6.45, 7) is 2.20.